The van der Waals surface area contributed by atoms with Crippen molar-refractivity contribution >= 4 is 21.8 Å². The van der Waals surface area contributed by atoms with Crippen LogP contribution in [0.2, 0.25) is 0 Å². The fraction of sp³-hybridized carbons (Fsp3) is 0.462. The number of halogens is 1. The maximum atomic E-state index is 11.6. The van der Waals surface area contributed by atoms with E-state index < -0.39 is 0 Å². The summed E-state index contributed by atoms with van der Waals surface area (Å²) in [6, 6.07) is 7.86. The molecule has 0 spiro atoms. The molecule has 1 rings (SSSR count). The summed E-state index contributed by atoms with van der Waals surface area (Å²) >= 11 is 3.39. The van der Waals surface area contributed by atoms with Gasteiger partial charge in [0.1, 0.15) is 0 Å². The number of nitrogens with one attached hydrogen (secondary N) is 1. The zero-order chi connectivity index (χ0) is 11.8. The van der Waals surface area contributed by atoms with Crippen LogP contribution in [0.3, 0.4) is 0 Å². The first-order valence-corrected chi connectivity index (χ1v) is 6.53. The normalized spacial score (nSPS) is 10.1. The van der Waals surface area contributed by atoms with Crippen molar-refractivity contribution in [3.05, 3.63) is 34.3 Å². The highest BCUT2D eigenvalue weighted by molar-refractivity contribution is 9.10. The molecule has 0 aliphatic rings. The minimum atomic E-state index is 0.106. The zero-order valence-electron chi connectivity index (χ0n) is 9.63. The number of hydrogen-bond acceptors (Lipinski definition) is 1. The molecule has 0 fully saturated rings. The van der Waals surface area contributed by atoms with E-state index in [0.29, 0.717) is 6.42 Å². The van der Waals surface area contributed by atoms with E-state index in [-0.39, 0.29) is 5.91 Å². The molecular formula is C13H18BrNO. The first-order valence-electron chi connectivity index (χ1n) is 5.73. The van der Waals surface area contributed by atoms with E-state index in [4.69, 9.17) is 0 Å². The summed E-state index contributed by atoms with van der Waals surface area (Å²) in [5.74, 6) is 0.106. The Labute approximate surface area is 106 Å². The van der Waals surface area contributed by atoms with Crippen LogP contribution in [0, 0.1) is 0 Å². The first kappa shape index (κ1) is 13.2. The van der Waals surface area contributed by atoms with Gasteiger partial charge in [-0.15, -0.1) is 0 Å². The third-order valence-corrected chi connectivity index (χ3v) is 2.85. The Morgan fingerprint density at radius 2 is 2.19 bits per heavy atom. The summed E-state index contributed by atoms with van der Waals surface area (Å²) in [4.78, 5) is 11.6. The summed E-state index contributed by atoms with van der Waals surface area (Å²) in [5.41, 5.74) is 1.04. The lowest BCUT2D eigenvalue weighted by molar-refractivity contribution is -0.120. The minimum absolute atomic E-state index is 0.106. The van der Waals surface area contributed by atoms with Crippen LogP contribution in [-0.4, -0.2) is 12.5 Å². The van der Waals surface area contributed by atoms with Gasteiger partial charge in [0.25, 0.3) is 0 Å². The van der Waals surface area contributed by atoms with Crippen molar-refractivity contribution in [1.82, 2.24) is 5.32 Å². The smallest absolute Gasteiger partial charge is 0.224 e. The zero-order valence-corrected chi connectivity index (χ0v) is 11.2. The van der Waals surface area contributed by atoms with Gasteiger partial charge >= 0.3 is 0 Å². The van der Waals surface area contributed by atoms with E-state index in [9.17, 15) is 4.79 Å². The van der Waals surface area contributed by atoms with Crippen molar-refractivity contribution in [3.8, 4) is 0 Å². The van der Waals surface area contributed by atoms with Crippen molar-refractivity contribution in [3.63, 3.8) is 0 Å². The minimum Gasteiger partial charge on any atom is -0.356 e. The molecule has 1 N–H and O–H groups in total. The summed E-state index contributed by atoms with van der Waals surface area (Å²) in [5, 5.41) is 2.93. The van der Waals surface area contributed by atoms with E-state index >= 15 is 0 Å². The molecule has 0 unspecified atom stereocenters. The summed E-state index contributed by atoms with van der Waals surface area (Å²) < 4.78 is 1.02. The van der Waals surface area contributed by atoms with Crippen molar-refractivity contribution in [2.45, 2.75) is 32.6 Å². The molecule has 0 heterocycles. The second-order valence-electron chi connectivity index (χ2n) is 3.86. The molecule has 1 amide bonds. The number of carbonyl (C=O) groups is 1. The predicted octanol–water partition coefficient (Wildman–Crippen LogP) is 3.30. The third-order valence-electron chi connectivity index (χ3n) is 2.36. The summed E-state index contributed by atoms with van der Waals surface area (Å²) in [6.07, 6.45) is 3.89. The van der Waals surface area contributed by atoms with Gasteiger partial charge in [-0.1, -0.05) is 47.8 Å². The lowest BCUT2D eigenvalue weighted by Crippen LogP contribution is -2.26. The number of benzene rings is 1. The Balaban J connectivity index is 2.29. The quantitative estimate of drug-likeness (QED) is 0.798. The van der Waals surface area contributed by atoms with Crippen LogP contribution >= 0.6 is 15.9 Å². The maximum Gasteiger partial charge on any atom is 0.224 e. The molecule has 0 aliphatic carbocycles. The van der Waals surface area contributed by atoms with Gasteiger partial charge in [0.2, 0.25) is 5.91 Å². The number of carbonyl (C=O) groups excluding carboxylic acids is 1. The molecule has 1 aromatic carbocycles. The van der Waals surface area contributed by atoms with E-state index in [1.807, 2.05) is 24.3 Å². The number of rotatable bonds is 6. The Morgan fingerprint density at radius 1 is 1.38 bits per heavy atom. The van der Waals surface area contributed by atoms with E-state index in [2.05, 4.69) is 28.2 Å². The van der Waals surface area contributed by atoms with E-state index in [1.54, 1.807) is 0 Å². The van der Waals surface area contributed by atoms with Gasteiger partial charge < -0.3 is 5.32 Å². The van der Waals surface area contributed by atoms with Crippen LogP contribution in [0.25, 0.3) is 0 Å². The predicted molar refractivity (Wildman–Crippen MR) is 70.4 cm³/mol. The van der Waals surface area contributed by atoms with Gasteiger partial charge in [0, 0.05) is 11.0 Å². The lowest BCUT2D eigenvalue weighted by Gasteiger charge is -2.05. The standard InChI is InChI=1S/C13H18BrNO/c1-2-3-4-8-15-13(16)10-11-6-5-7-12(14)9-11/h5-7,9H,2-4,8,10H2,1H3,(H,15,16). The summed E-state index contributed by atoms with van der Waals surface area (Å²) in [7, 11) is 0. The van der Waals surface area contributed by atoms with Crippen molar-refractivity contribution in [2.75, 3.05) is 6.54 Å². The van der Waals surface area contributed by atoms with Crippen LogP contribution in [0.4, 0.5) is 0 Å². The number of unbranched alkanes of at least 4 members (excludes halogenated alkanes) is 2. The molecule has 0 aromatic heterocycles. The maximum absolute atomic E-state index is 11.6. The van der Waals surface area contributed by atoms with Gasteiger partial charge in [0.05, 0.1) is 6.42 Å². The molecule has 0 saturated heterocycles. The number of hydrogen-bond donors (Lipinski definition) is 1. The monoisotopic (exact) mass is 283 g/mol. The van der Waals surface area contributed by atoms with Crippen molar-refractivity contribution in [1.29, 1.82) is 0 Å². The molecule has 16 heavy (non-hydrogen) atoms. The SMILES string of the molecule is CCCCCNC(=O)Cc1cccc(Br)c1. The molecule has 0 aliphatic heterocycles. The van der Waals surface area contributed by atoms with Gasteiger partial charge in [0.15, 0.2) is 0 Å². The summed E-state index contributed by atoms with van der Waals surface area (Å²) in [6.45, 7) is 2.95. The Morgan fingerprint density at radius 3 is 2.88 bits per heavy atom. The second-order valence-corrected chi connectivity index (χ2v) is 4.78. The second kappa shape index (κ2) is 7.44. The third kappa shape index (κ3) is 5.31. The highest BCUT2D eigenvalue weighted by atomic mass is 79.9. The van der Waals surface area contributed by atoms with Gasteiger partial charge in [-0.25, -0.2) is 0 Å². The van der Waals surface area contributed by atoms with E-state index in [1.165, 1.54) is 12.8 Å². The molecule has 3 heteroatoms. The molecule has 0 saturated carbocycles. The van der Waals surface area contributed by atoms with Crippen molar-refractivity contribution < 1.29 is 4.79 Å². The molecule has 88 valence electrons. The average Bonchev–Trinajstić information content (AvgIpc) is 2.24. The topological polar surface area (TPSA) is 29.1 Å². The fourth-order valence-corrected chi connectivity index (χ4v) is 1.94. The average molecular weight is 284 g/mol. The molecule has 0 radical (unpaired) electrons. The highest BCUT2D eigenvalue weighted by Gasteiger charge is 2.02. The van der Waals surface area contributed by atoms with Gasteiger partial charge in [-0.05, 0) is 24.1 Å². The Bertz CT molecular complexity index is 338. The largest absolute Gasteiger partial charge is 0.356 e. The lowest BCUT2D eigenvalue weighted by atomic mass is 10.1. The van der Waals surface area contributed by atoms with Crippen LogP contribution in [0.5, 0.6) is 0 Å². The van der Waals surface area contributed by atoms with Gasteiger partial charge in [-0.3, -0.25) is 4.79 Å². The fourth-order valence-electron chi connectivity index (χ4n) is 1.50. The Hall–Kier alpha value is -0.830. The van der Waals surface area contributed by atoms with Crippen LogP contribution in [0.1, 0.15) is 31.7 Å². The Kier molecular flexibility index (Phi) is 6.16. The van der Waals surface area contributed by atoms with Crippen LogP contribution in [0.15, 0.2) is 28.7 Å². The van der Waals surface area contributed by atoms with Gasteiger partial charge in [-0.2, -0.15) is 0 Å². The molecule has 0 atom stereocenters. The molecular weight excluding hydrogens is 266 g/mol. The molecule has 2 nitrogen and oxygen atoms in total. The van der Waals surface area contributed by atoms with Crippen LogP contribution < -0.4 is 5.32 Å². The number of amides is 1. The highest BCUT2D eigenvalue weighted by Crippen LogP contribution is 2.11. The van der Waals surface area contributed by atoms with Crippen molar-refractivity contribution in [2.24, 2.45) is 0 Å². The molecule has 0 bridgehead atoms. The van der Waals surface area contributed by atoms with E-state index in [0.717, 1.165) is 23.0 Å². The molecule has 1 aromatic rings. The first-order chi connectivity index (χ1) is 7.72. The van der Waals surface area contributed by atoms with Crippen LogP contribution in [-0.2, 0) is 11.2 Å².